The molecule has 7 heteroatoms. The van der Waals surface area contributed by atoms with E-state index in [1.807, 2.05) is 12.1 Å². The lowest BCUT2D eigenvalue weighted by atomic mass is 9.80. The van der Waals surface area contributed by atoms with E-state index in [4.69, 9.17) is 4.98 Å². The van der Waals surface area contributed by atoms with E-state index in [2.05, 4.69) is 12.2 Å². The Kier molecular flexibility index (Phi) is 4.95. The smallest absolute Gasteiger partial charge is 0.292 e. The van der Waals surface area contributed by atoms with E-state index in [0.717, 1.165) is 5.57 Å². The number of aromatic carboxylic acids is 1. The van der Waals surface area contributed by atoms with E-state index < -0.39 is 10.9 Å². The van der Waals surface area contributed by atoms with Gasteiger partial charge in [0.15, 0.2) is 0 Å². The highest BCUT2D eigenvalue weighted by Crippen LogP contribution is 2.38. The molecule has 0 saturated carbocycles. The molecule has 1 aliphatic rings. The Hall–Kier alpha value is -3.74. The minimum absolute atomic E-state index is 0.0159. The molecular weight excluding hydrogens is 382 g/mol. The van der Waals surface area contributed by atoms with Crippen LogP contribution < -0.4 is 10.4 Å². The van der Waals surface area contributed by atoms with Crippen molar-refractivity contribution in [3.63, 3.8) is 0 Å². The highest BCUT2D eigenvalue weighted by Gasteiger charge is 2.26. The summed E-state index contributed by atoms with van der Waals surface area (Å²) in [5.74, 6) is -1.01. The first-order valence-electron chi connectivity index (χ1n) is 9.69. The number of fused-ring (bicyclic) bond motifs is 2. The largest absolute Gasteiger partial charge is 0.545 e. The maximum atomic E-state index is 12.0. The number of rotatable bonds is 4. The predicted octanol–water partition coefficient (Wildman–Crippen LogP) is 3.67. The molecule has 0 bridgehead atoms. The number of hydrogen-bond donors (Lipinski definition) is 1. The number of carbonyl (C=O) groups is 1. The van der Waals surface area contributed by atoms with Crippen LogP contribution in [0.2, 0.25) is 0 Å². The molecule has 0 saturated heterocycles. The Morgan fingerprint density at radius 2 is 2.00 bits per heavy atom. The van der Waals surface area contributed by atoms with Gasteiger partial charge in [-0.15, -0.1) is 0 Å². The van der Waals surface area contributed by atoms with Crippen LogP contribution in [0.3, 0.4) is 0 Å². The van der Waals surface area contributed by atoms with Crippen molar-refractivity contribution in [2.45, 2.75) is 19.8 Å². The maximum absolute atomic E-state index is 12.0. The second-order valence-electron chi connectivity index (χ2n) is 7.59. The number of allylic oxidation sites excluding steroid dienone is 1. The molecule has 0 fully saturated rings. The zero-order valence-electron chi connectivity index (χ0n) is 16.6. The molecule has 152 valence electrons. The molecule has 1 atom stereocenters. The quantitative estimate of drug-likeness (QED) is 0.527. The van der Waals surface area contributed by atoms with Gasteiger partial charge in [-0.1, -0.05) is 31.2 Å². The van der Waals surface area contributed by atoms with Crippen molar-refractivity contribution in [1.82, 2.24) is 4.98 Å². The van der Waals surface area contributed by atoms with Crippen molar-refractivity contribution in [1.29, 1.82) is 0 Å². The Labute approximate surface area is 173 Å². The number of pyridine rings is 1. The summed E-state index contributed by atoms with van der Waals surface area (Å²) in [6.45, 7) is 2.05. The van der Waals surface area contributed by atoms with E-state index in [1.54, 1.807) is 37.4 Å². The second-order valence-corrected chi connectivity index (χ2v) is 7.59. The maximum Gasteiger partial charge on any atom is 0.292 e. The molecule has 0 unspecified atom stereocenters. The average molecular weight is 402 g/mol. The van der Waals surface area contributed by atoms with Crippen LogP contribution in [0.4, 0.5) is 11.4 Å². The highest BCUT2D eigenvalue weighted by atomic mass is 16.6. The predicted molar refractivity (Wildman–Crippen MR) is 114 cm³/mol. The van der Waals surface area contributed by atoms with E-state index >= 15 is 0 Å². The molecule has 4 rings (SSSR count). The number of hydrogen-bond acceptors (Lipinski definition) is 6. The number of para-hydroxylation sites is 1. The molecule has 3 aromatic rings. The lowest BCUT2D eigenvalue weighted by Gasteiger charge is -2.27. The number of nitrogens with zero attached hydrogens (tertiary/aromatic N) is 2. The molecule has 1 heterocycles. The minimum atomic E-state index is -1.22. The molecule has 7 nitrogen and oxygen atoms in total. The van der Waals surface area contributed by atoms with E-state index in [0.29, 0.717) is 46.3 Å². The standard InChI is InChI=1S/C23H21N3O4/c1-13-9-15(11-14-7-8-19(24-2)20(12-14)26(29)30)22-17(10-13)21(23(27)28)16-5-3-4-6-18(16)25-22/h3-8,11-13,24H,9-10H2,1-2H3,(H,27,28)/p-1/b15-11+/t13-/m1/s1. The molecule has 0 spiro atoms. The molecule has 1 aromatic heterocycles. The molecular formula is C23H20N3O4-. The third kappa shape index (κ3) is 3.39. The first-order chi connectivity index (χ1) is 14.4. The van der Waals surface area contributed by atoms with Gasteiger partial charge in [-0.3, -0.25) is 10.1 Å². The zero-order valence-corrected chi connectivity index (χ0v) is 16.6. The van der Waals surface area contributed by atoms with E-state index in [-0.39, 0.29) is 17.2 Å². The summed E-state index contributed by atoms with van der Waals surface area (Å²) in [6, 6.07) is 12.1. The third-order valence-electron chi connectivity index (χ3n) is 5.45. The van der Waals surface area contributed by atoms with Gasteiger partial charge in [0.05, 0.1) is 22.1 Å². The average Bonchev–Trinajstić information content (AvgIpc) is 2.71. The number of carbonyl (C=O) groups excluding carboxylic acids is 1. The van der Waals surface area contributed by atoms with Crippen molar-refractivity contribution in [2.24, 2.45) is 5.92 Å². The number of nitro groups is 1. The van der Waals surface area contributed by atoms with Crippen molar-refractivity contribution in [2.75, 3.05) is 12.4 Å². The highest BCUT2D eigenvalue weighted by molar-refractivity contribution is 6.05. The zero-order chi connectivity index (χ0) is 21.4. The monoisotopic (exact) mass is 402 g/mol. The molecule has 0 amide bonds. The number of nitrogens with one attached hydrogen (secondary N) is 1. The number of benzene rings is 2. The Balaban J connectivity index is 1.94. The molecule has 1 aliphatic carbocycles. The first-order valence-corrected chi connectivity index (χ1v) is 9.69. The summed E-state index contributed by atoms with van der Waals surface area (Å²) in [5.41, 5.74) is 4.02. The van der Waals surface area contributed by atoms with Gasteiger partial charge in [-0.25, -0.2) is 4.98 Å². The van der Waals surface area contributed by atoms with Crippen LogP contribution in [-0.2, 0) is 6.42 Å². The van der Waals surface area contributed by atoms with Gasteiger partial charge in [-0.05, 0) is 53.7 Å². The second kappa shape index (κ2) is 7.59. The van der Waals surface area contributed by atoms with Crippen LogP contribution in [-0.4, -0.2) is 22.9 Å². The number of nitro benzene ring substituents is 1. The van der Waals surface area contributed by atoms with Crippen LogP contribution in [0.5, 0.6) is 0 Å². The minimum Gasteiger partial charge on any atom is -0.545 e. The number of aromatic nitrogens is 1. The number of carboxylic acid groups (broad SMARTS) is 1. The number of anilines is 1. The topological polar surface area (TPSA) is 108 Å². The van der Waals surface area contributed by atoms with E-state index in [9.17, 15) is 20.0 Å². The fourth-order valence-corrected chi connectivity index (χ4v) is 4.17. The summed E-state index contributed by atoms with van der Waals surface area (Å²) in [4.78, 5) is 27.7. The molecule has 0 radical (unpaired) electrons. The lowest BCUT2D eigenvalue weighted by Crippen LogP contribution is -2.27. The first kappa shape index (κ1) is 19.6. The van der Waals surface area contributed by atoms with Crippen LogP contribution in [0.25, 0.3) is 22.6 Å². The van der Waals surface area contributed by atoms with Gasteiger partial charge in [0, 0.05) is 24.1 Å². The molecule has 2 aromatic carbocycles. The van der Waals surface area contributed by atoms with Crippen LogP contribution in [0, 0.1) is 16.0 Å². The molecule has 0 aliphatic heterocycles. The normalized spacial score (nSPS) is 17.0. The van der Waals surface area contributed by atoms with Gasteiger partial charge >= 0.3 is 0 Å². The summed E-state index contributed by atoms with van der Waals surface area (Å²) in [7, 11) is 1.63. The van der Waals surface area contributed by atoms with Crippen LogP contribution in [0.1, 0.15) is 40.5 Å². The van der Waals surface area contributed by atoms with Crippen molar-refractivity contribution >= 4 is 39.9 Å². The SMILES string of the molecule is CNc1ccc(/C=C2\C[C@@H](C)Cc3c2nc2ccccc2c3C(=O)[O-])cc1[N+](=O)[O-]. The van der Waals surface area contributed by atoms with Gasteiger partial charge in [-0.2, -0.15) is 0 Å². The summed E-state index contributed by atoms with van der Waals surface area (Å²) in [5, 5.41) is 26.8. The van der Waals surface area contributed by atoms with Crippen molar-refractivity contribution in [3.05, 3.63) is 75.0 Å². The number of carboxylic acids is 1. The lowest BCUT2D eigenvalue weighted by molar-refractivity contribution is -0.384. The van der Waals surface area contributed by atoms with Crippen LogP contribution in [0.15, 0.2) is 42.5 Å². The fourth-order valence-electron chi connectivity index (χ4n) is 4.17. The van der Waals surface area contributed by atoms with E-state index in [1.165, 1.54) is 6.07 Å². The molecule has 30 heavy (non-hydrogen) atoms. The third-order valence-corrected chi connectivity index (χ3v) is 5.45. The van der Waals surface area contributed by atoms with Crippen molar-refractivity contribution < 1.29 is 14.8 Å². The summed E-state index contributed by atoms with van der Waals surface area (Å²) < 4.78 is 0. The van der Waals surface area contributed by atoms with Gasteiger partial charge in [0.25, 0.3) is 5.69 Å². The summed E-state index contributed by atoms with van der Waals surface area (Å²) >= 11 is 0. The summed E-state index contributed by atoms with van der Waals surface area (Å²) in [6.07, 6.45) is 3.15. The molecule has 1 N–H and O–H groups in total. The van der Waals surface area contributed by atoms with Gasteiger partial charge in [0.2, 0.25) is 0 Å². The Bertz CT molecular complexity index is 1220. The van der Waals surface area contributed by atoms with Crippen molar-refractivity contribution in [3.8, 4) is 0 Å². The van der Waals surface area contributed by atoms with Gasteiger partial charge < -0.3 is 15.2 Å². The van der Waals surface area contributed by atoms with Gasteiger partial charge in [0.1, 0.15) is 5.69 Å². The Morgan fingerprint density at radius 3 is 2.70 bits per heavy atom. The fraction of sp³-hybridized carbons (Fsp3) is 0.217. The Morgan fingerprint density at radius 1 is 1.23 bits per heavy atom. The van der Waals surface area contributed by atoms with Crippen LogP contribution >= 0.6 is 0 Å².